The lowest BCUT2D eigenvalue weighted by Crippen LogP contribution is -2.32. The van der Waals surface area contributed by atoms with Crippen LogP contribution in [0.2, 0.25) is 0 Å². The molecule has 0 bridgehead atoms. The maximum Gasteiger partial charge on any atom is 0.309 e. The maximum atomic E-state index is 11.1. The monoisotopic (exact) mass is 290 g/mol. The van der Waals surface area contributed by atoms with E-state index in [1.807, 2.05) is 13.8 Å². The Morgan fingerprint density at radius 2 is 1.05 bits per heavy atom. The van der Waals surface area contributed by atoms with Gasteiger partial charge in [-0.3, -0.25) is 9.59 Å². The van der Waals surface area contributed by atoms with Gasteiger partial charge in [0.05, 0.1) is 24.0 Å². The first-order valence-electron chi connectivity index (χ1n) is 7.16. The number of aliphatic hydroxyl groups excluding tert-OH is 2. The van der Waals surface area contributed by atoms with Gasteiger partial charge in [0.2, 0.25) is 0 Å². The molecule has 118 valence electrons. The number of aliphatic hydroxyl groups is 2. The molecule has 4 atom stereocenters. The molecule has 6 heteroatoms. The van der Waals surface area contributed by atoms with E-state index >= 15 is 0 Å². The number of hydrogen-bond donors (Lipinski definition) is 4. The zero-order chi connectivity index (χ0) is 15.7. The van der Waals surface area contributed by atoms with E-state index in [2.05, 4.69) is 0 Å². The predicted octanol–water partition coefficient (Wildman–Crippen LogP) is 1.49. The van der Waals surface area contributed by atoms with Gasteiger partial charge in [-0.2, -0.15) is 0 Å². The van der Waals surface area contributed by atoms with Crippen LogP contribution in [0.15, 0.2) is 0 Å². The van der Waals surface area contributed by atoms with Crippen LogP contribution in [0.1, 0.15) is 52.4 Å². The van der Waals surface area contributed by atoms with Crippen LogP contribution < -0.4 is 0 Å². The van der Waals surface area contributed by atoms with Gasteiger partial charge in [0, 0.05) is 0 Å². The van der Waals surface area contributed by atoms with Crippen molar-refractivity contribution in [3.8, 4) is 0 Å². The van der Waals surface area contributed by atoms with E-state index in [0.29, 0.717) is 25.7 Å². The van der Waals surface area contributed by atoms with Crippen LogP contribution in [-0.4, -0.2) is 44.6 Å². The second-order valence-corrected chi connectivity index (χ2v) is 5.18. The van der Waals surface area contributed by atoms with Crippen LogP contribution in [0.5, 0.6) is 0 Å². The Hall–Kier alpha value is -1.14. The average molecular weight is 290 g/mol. The minimum absolute atomic E-state index is 0.0498. The van der Waals surface area contributed by atoms with Gasteiger partial charge < -0.3 is 20.4 Å². The molecule has 4 unspecified atom stereocenters. The Morgan fingerprint density at radius 1 is 0.750 bits per heavy atom. The van der Waals surface area contributed by atoms with Crippen LogP contribution in [-0.2, 0) is 9.59 Å². The molecular formula is C14H26O6. The highest BCUT2D eigenvalue weighted by Gasteiger charge is 2.31. The van der Waals surface area contributed by atoms with Crippen molar-refractivity contribution in [2.75, 3.05) is 0 Å². The summed E-state index contributed by atoms with van der Waals surface area (Å²) in [5.41, 5.74) is 0. The fourth-order valence-corrected chi connectivity index (χ4v) is 2.31. The van der Waals surface area contributed by atoms with Crippen molar-refractivity contribution in [1.29, 1.82) is 0 Å². The van der Waals surface area contributed by atoms with Gasteiger partial charge in [0.25, 0.3) is 0 Å². The normalized spacial score (nSPS) is 17.2. The van der Waals surface area contributed by atoms with Gasteiger partial charge in [-0.25, -0.2) is 0 Å². The fourth-order valence-electron chi connectivity index (χ4n) is 2.31. The highest BCUT2D eigenvalue weighted by Crippen LogP contribution is 2.23. The molecule has 0 aromatic rings. The lowest BCUT2D eigenvalue weighted by molar-refractivity contribution is -0.150. The van der Waals surface area contributed by atoms with Crippen LogP contribution in [0.4, 0.5) is 0 Å². The van der Waals surface area contributed by atoms with E-state index in [9.17, 15) is 19.8 Å². The molecule has 0 fully saturated rings. The van der Waals surface area contributed by atoms with E-state index in [1.165, 1.54) is 0 Å². The van der Waals surface area contributed by atoms with Crippen molar-refractivity contribution < 1.29 is 30.0 Å². The summed E-state index contributed by atoms with van der Waals surface area (Å²) in [6.07, 6.45) is 0.198. The molecule has 6 nitrogen and oxygen atoms in total. The first-order valence-corrected chi connectivity index (χ1v) is 7.16. The number of aliphatic carboxylic acids is 2. The van der Waals surface area contributed by atoms with Crippen LogP contribution in [0, 0.1) is 11.8 Å². The van der Waals surface area contributed by atoms with Crippen LogP contribution in [0.3, 0.4) is 0 Å². The minimum Gasteiger partial charge on any atom is -0.481 e. The summed E-state index contributed by atoms with van der Waals surface area (Å²) in [7, 11) is 0. The van der Waals surface area contributed by atoms with Gasteiger partial charge >= 0.3 is 11.9 Å². The quantitative estimate of drug-likeness (QED) is 0.458. The molecule has 0 spiro atoms. The fraction of sp³-hybridized carbons (Fsp3) is 0.857. The van der Waals surface area contributed by atoms with E-state index in [-0.39, 0.29) is 12.8 Å². The number of carboxylic acid groups (broad SMARTS) is 2. The van der Waals surface area contributed by atoms with Crippen molar-refractivity contribution in [3.05, 3.63) is 0 Å². The summed E-state index contributed by atoms with van der Waals surface area (Å²) in [5, 5.41) is 37.8. The molecule has 0 amide bonds. The van der Waals surface area contributed by atoms with Gasteiger partial charge in [0.1, 0.15) is 0 Å². The molecule has 0 aliphatic heterocycles. The van der Waals surface area contributed by atoms with E-state index in [4.69, 9.17) is 10.2 Å². The predicted molar refractivity (Wildman–Crippen MR) is 73.3 cm³/mol. The average Bonchev–Trinajstić information content (AvgIpc) is 2.33. The molecule has 20 heavy (non-hydrogen) atoms. The first kappa shape index (κ1) is 18.9. The minimum atomic E-state index is -1.12. The van der Waals surface area contributed by atoms with Crippen LogP contribution >= 0.6 is 0 Å². The Bertz CT molecular complexity index is 274. The number of carbonyl (C=O) groups is 2. The highest BCUT2D eigenvalue weighted by molar-refractivity contribution is 5.72. The highest BCUT2D eigenvalue weighted by atomic mass is 16.4. The Balaban J connectivity index is 4.63. The largest absolute Gasteiger partial charge is 0.481 e. The molecule has 0 saturated heterocycles. The molecule has 0 saturated carbocycles. The molecule has 0 heterocycles. The Morgan fingerprint density at radius 3 is 1.25 bits per heavy atom. The molecule has 4 N–H and O–H groups in total. The SMILES string of the molecule is CCCC(O)C(CCC(C(=O)O)C(O)CCC)C(=O)O. The standard InChI is InChI=1S/C14H26O6/c1-3-5-11(15)9(13(17)18)7-8-10(14(19)20)12(16)6-4-2/h9-12,15-16H,3-8H2,1-2H3,(H,17,18)(H,19,20). The van der Waals surface area contributed by atoms with Gasteiger partial charge in [-0.15, -0.1) is 0 Å². The lowest BCUT2D eigenvalue weighted by Gasteiger charge is -2.23. The van der Waals surface area contributed by atoms with E-state index in [1.54, 1.807) is 0 Å². The molecule has 0 aromatic heterocycles. The maximum absolute atomic E-state index is 11.1. The van der Waals surface area contributed by atoms with Gasteiger partial charge in [-0.05, 0) is 25.7 Å². The van der Waals surface area contributed by atoms with Crippen molar-refractivity contribution in [2.45, 2.75) is 64.6 Å². The van der Waals surface area contributed by atoms with E-state index < -0.39 is 36.0 Å². The summed E-state index contributed by atoms with van der Waals surface area (Å²) in [6.45, 7) is 3.68. The first-order chi connectivity index (χ1) is 9.34. The van der Waals surface area contributed by atoms with Crippen molar-refractivity contribution in [1.82, 2.24) is 0 Å². The molecule has 0 radical (unpaired) electrons. The van der Waals surface area contributed by atoms with E-state index in [0.717, 1.165) is 0 Å². The summed E-state index contributed by atoms with van der Waals surface area (Å²) in [4.78, 5) is 22.2. The summed E-state index contributed by atoms with van der Waals surface area (Å²) < 4.78 is 0. The van der Waals surface area contributed by atoms with Crippen molar-refractivity contribution >= 4 is 11.9 Å². The molecule has 0 aromatic carbocycles. The zero-order valence-electron chi connectivity index (χ0n) is 12.2. The second-order valence-electron chi connectivity index (χ2n) is 5.18. The number of carboxylic acids is 2. The van der Waals surface area contributed by atoms with Crippen molar-refractivity contribution in [3.63, 3.8) is 0 Å². The van der Waals surface area contributed by atoms with Gasteiger partial charge in [-0.1, -0.05) is 26.7 Å². The summed E-state index contributed by atoms with van der Waals surface area (Å²) in [6, 6.07) is 0. The molecule has 0 aliphatic rings. The van der Waals surface area contributed by atoms with Crippen molar-refractivity contribution in [2.24, 2.45) is 11.8 Å². The van der Waals surface area contributed by atoms with Crippen LogP contribution in [0.25, 0.3) is 0 Å². The summed E-state index contributed by atoms with van der Waals surface area (Å²) >= 11 is 0. The van der Waals surface area contributed by atoms with Gasteiger partial charge in [0.15, 0.2) is 0 Å². The Kier molecular flexibility index (Phi) is 9.16. The third kappa shape index (κ3) is 6.34. The molecular weight excluding hydrogens is 264 g/mol. The Labute approximate surface area is 119 Å². The number of hydrogen-bond acceptors (Lipinski definition) is 4. The topological polar surface area (TPSA) is 115 Å². The molecule has 0 aliphatic carbocycles. The third-order valence-corrected chi connectivity index (χ3v) is 3.52. The third-order valence-electron chi connectivity index (χ3n) is 3.52. The summed E-state index contributed by atoms with van der Waals surface area (Å²) in [5.74, 6) is -4.21. The molecule has 0 rings (SSSR count). The second kappa shape index (κ2) is 9.72. The smallest absolute Gasteiger partial charge is 0.309 e. The zero-order valence-corrected chi connectivity index (χ0v) is 12.2. The lowest BCUT2D eigenvalue weighted by atomic mass is 9.87. The number of rotatable bonds is 11.